The van der Waals surface area contributed by atoms with E-state index in [2.05, 4.69) is 12.2 Å². The van der Waals surface area contributed by atoms with Crippen LogP contribution in [0.5, 0.6) is 0 Å². The minimum Gasteiger partial charge on any atom is -0.396 e. The number of carbonyl (C=O) groups is 1. The fourth-order valence-electron chi connectivity index (χ4n) is 1.87. The Hall–Kier alpha value is -1.39. The lowest BCUT2D eigenvalue weighted by atomic mass is 10.1. The molecular formula is C15H24N2O2. The number of likely N-dealkylation sites (N-methyl/N-ethyl adjacent to an activating group) is 1. The molecule has 19 heavy (non-hydrogen) atoms. The summed E-state index contributed by atoms with van der Waals surface area (Å²) in [5.41, 5.74) is 2.09. The zero-order valence-corrected chi connectivity index (χ0v) is 11.9. The number of nitrogens with one attached hydrogen (secondary N) is 1. The molecule has 0 saturated carbocycles. The third-order valence-corrected chi connectivity index (χ3v) is 3.09. The van der Waals surface area contributed by atoms with Gasteiger partial charge in [0, 0.05) is 18.8 Å². The number of hydrogen-bond acceptors (Lipinski definition) is 3. The van der Waals surface area contributed by atoms with E-state index in [1.54, 1.807) is 0 Å². The van der Waals surface area contributed by atoms with Gasteiger partial charge in [0.25, 0.3) is 0 Å². The van der Waals surface area contributed by atoms with Crippen LogP contribution < -0.4 is 5.32 Å². The summed E-state index contributed by atoms with van der Waals surface area (Å²) in [5, 5.41) is 11.7. The van der Waals surface area contributed by atoms with Crippen molar-refractivity contribution in [2.24, 2.45) is 0 Å². The summed E-state index contributed by atoms with van der Waals surface area (Å²) in [6.07, 6.45) is 1.70. The molecule has 4 nitrogen and oxygen atoms in total. The molecule has 0 atom stereocenters. The largest absolute Gasteiger partial charge is 0.396 e. The van der Waals surface area contributed by atoms with Crippen LogP contribution in [0.3, 0.4) is 0 Å². The molecule has 0 unspecified atom stereocenters. The number of benzene rings is 1. The van der Waals surface area contributed by atoms with Gasteiger partial charge in [0.15, 0.2) is 0 Å². The third-order valence-electron chi connectivity index (χ3n) is 3.09. The summed E-state index contributed by atoms with van der Waals surface area (Å²) in [5.74, 6) is -0.0101. The lowest BCUT2D eigenvalue weighted by molar-refractivity contribution is -0.117. The van der Waals surface area contributed by atoms with Crippen molar-refractivity contribution in [3.05, 3.63) is 29.8 Å². The maximum absolute atomic E-state index is 11.9. The molecule has 1 aromatic carbocycles. The second-order valence-corrected chi connectivity index (χ2v) is 4.54. The van der Waals surface area contributed by atoms with Crippen LogP contribution in [0.4, 0.5) is 5.69 Å². The predicted octanol–water partition coefficient (Wildman–Crippen LogP) is 1.89. The second kappa shape index (κ2) is 8.67. The molecular weight excluding hydrogens is 240 g/mol. The quantitative estimate of drug-likeness (QED) is 0.754. The molecule has 0 aliphatic heterocycles. The highest BCUT2D eigenvalue weighted by Gasteiger charge is 2.08. The van der Waals surface area contributed by atoms with Crippen LogP contribution in [-0.4, -0.2) is 42.2 Å². The second-order valence-electron chi connectivity index (χ2n) is 4.54. The van der Waals surface area contributed by atoms with Crippen LogP contribution in [-0.2, 0) is 11.2 Å². The number of rotatable bonds is 8. The van der Waals surface area contributed by atoms with E-state index in [4.69, 9.17) is 5.11 Å². The zero-order chi connectivity index (χ0) is 14.1. The molecule has 0 aliphatic rings. The Balaban J connectivity index is 2.44. The van der Waals surface area contributed by atoms with Gasteiger partial charge in [0.05, 0.1) is 6.54 Å². The standard InChI is InChI=1S/C15H24N2O2/c1-3-13-6-8-14(9-7-13)16-15(19)12-17(4-2)10-5-11-18/h6-9,18H,3-5,10-12H2,1-2H3,(H,16,19). The molecule has 106 valence electrons. The van der Waals surface area contributed by atoms with E-state index < -0.39 is 0 Å². The predicted molar refractivity (Wildman–Crippen MR) is 78.3 cm³/mol. The summed E-state index contributed by atoms with van der Waals surface area (Å²) in [7, 11) is 0. The van der Waals surface area contributed by atoms with Crippen molar-refractivity contribution in [1.82, 2.24) is 4.90 Å². The van der Waals surface area contributed by atoms with Gasteiger partial charge in [-0.2, -0.15) is 0 Å². The monoisotopic (exact) mass is 264 g/mol. The number of carbonyl (C=O) groups excluding carboxylic acids is 1. The highest BCUT2D eigenvalue weighted by atomic mass is 16.3. The van der Waals surface area contributed by atoms with Crippen LogP contribution in [0.2, 0.25) is 0 Å². The maximum atomic E-state index is 11.9. The highest BCUT2D eigenvalue weighted by molar-refractivity contribution is 5.92. The van der Waals surface area contributed by atoms with Crippen LogP contribution >= 0.6 is 0 Å². The third kappa shape index (κ3) is 5.85. The number of nitrogens with zero attached hydrogens (tertiary/aromatic N) is 1. The Labute approximate surface area is 115 Å². The highest BCUT2D eigenvalue weighted by Crippen LogP contribution is 2.09. The van der Waals surface area contributed by atoms with Gasteiger partial charge in [-0.3, -0.25) is 9.69 Å². The molecule has 4 heteroatoms. The SMILES string of the molecule is CCc1ccc(NC(=O)CN(CC)CCCO)cc1. The average molecular weight is 264 g/mol. The van der Waals surface area contributed by atoms with E-state index in [-0.39, 0.29) is 12.5 Å². The van der Waals surface area contributed by atoms with Crippen LogP contribution in [0.15, 0.2) is 24.3 Å². The number of aliphatic hydroxyl groups excluding tert-OH is 1. The Morgan fingerprint density at radius 3 is 2.47 bits per heavy atom. The minimum absolute atomic E-state index is 0.0101. The van der Waals surface area contributed by atoms with E-state index in [1.165, 1.54) is 5.56 Å². The Bertz CT molecular complexity index is 376. The summed E-state index contributed by atoms with van der Waals surface area (Å²) < 4.78 is 0. The first-order valence-corrected chi connectivity index (χ1v) is 6.91. The van der Waals surface area contributed by atoms with E-state index in [1.807, 2.05) is 36.1 Å². The van der Waals surface area contributed by atoms with Crippen LogP contribution in [0.25, 0.3) is 0 Å². The fourth-order valence-corrected chi connectivity index (χ4v) is 1.87. The molecule has 1 amide bonds. The molecule has 0 saturated heterocycles. The molecule has 0 heterocycles. The molecule has 1 aromatic rings. The van der Waals surface area contributed by atoms with Gasteiger partial charge < -0.3 is 10.4 Å². The van der Waals surface area contributed by atoms with E-state index in [0.29, 0.717) is 13.0 Å². The summed E-state index contributed by atoms with van der Waals surface area (Å²) in [4.78, 5) is 13.9. The molecule has 0 radical (unpaired) electrons. The van der Waals surface area contributed by atoms with Gasteiger partial charge in [-0.05, 0) is 37.1 Å². The summed E-state index contributed by atoms with van der Waals surface area (Å²) in [6.45, 7) is 6.20. The van der Waals surface area contributed by atoms with Gasteiger partial charge in [0.1, 0.15) is 0 Å². The molecule has 1 rings (SSSR count). The minimum atomic E-state index is -0.0101. The first-order valence-electron chi connectivity index (χ1n) is 6.91. The normalized spacial score (nSPS) is 10.7. The lowest BCUT2D eigenvalue weighted by Crippen LogP contribution is -2.34. The van der Waals surface area contributed by atoms with Gasteiger partial charge in [0.2, 0.25) is 5.91 Å². The molecule has 0 bridgehead atoms. The van der Waals surface area contributed by atoms with Gasteiger partial charge in [-0.15, -0.1) is 0 Å². The van der Waals surface area contributed by atoms with E-state index in [9.17, 15) is 4.79 Å². The van der Waals surface area contributed by atoms with Crippen molar-refractivity contribution >= 4 is 11.6 Å². The number of aliphatic hydroxyl groups is 1. The van der Waals surface area contributed by atoms with Crippen molar-refractivity contribution in [2.75, 3.05) is 31.6 Å². The number of amides is 1. The lowest BCUT2D eigenvalue weighted by Gasteiger charge is -2.19. The molecule has 0 spiro atoms. The number of hydrogen-bond donors (Lipinski definition) is 2. The Kier molecular flexibility index (Phi) is 7.15. The molecule has 2 N–H and O–H groups in total. The first kappa shape index (κ1) is 15.7. The van der Waals surface area contributed by atoms with Crippen molar-refractivity contribution in [2.45, 2.75) is 26.7 Å². The van der Waals surface area contributed by atoms with Gasteiger partial charge in [-0.25, -0.2) is 0 Å². The molecule has 0 aliphatic carbocycles. The van der Waals surface area contributed by atoms with Crippen LogP contribution in [0, 0.1) is 0 Å². The maximum Gasteiger partial charge on any atom is 0.238 e. The zero-order valence-electron chi connectivity index (χ0n) is 11.9. The van der Waals surface area contributed by atoms with Crippen LogP contribution in [0.1, 0.15) is 25.8 Å². The van der Waals surface area contributed by atoms with Crippen molar-refractivity contribution < 1.29 is 9.90 Å². The Morgan fingerprint density at radius 2 is 1.95 bits per heavy atom. The van der Waals surface area contributed by atoms with Gasteiger partial charge in [-0.1, -0.05) is 26.0 Å². The number of aryl methyl sites for hydroxylation is 1. The topological polar surface area (TPSA) is 52.6 Å². The van der Waals surface area contributed by atoms with Crippen molar-refractivity contribution in [1.29, 1.82) is 0 Å². The smallest absolute Gasteiger partial charge is 0.238 e. The molecule has 0 aromatic heterocycles. The summed E-state index contributed by atoms with van der Waals surface area (Å²) >= 11 is 0. The Morgan fingerprint density at radius 1 is 1.26 bits per heavy atom. The van der Waals surface area contributed by atoms with Crippen molar-refractivity contribution in [3.8, 4) is 0 Å². The average Bonchev–Trinajstić information content (AvgIpc) is 2.44. The number of anilines is 1. The summed E-state index contributed by atoms with van der Waals surface area (Å²) in [6, 6.07) is 7.92. The van der Waals surface area contributed by atoms with E-state index in [0.717, 1.165) is 25.2 Å². The fraction of sp³-hybridized carbons (Fsp3) is 0.533. The van der Waals surface area contributed by atoms with Crippen molar-refractivity contribution in [3.63, 3.8) is 0 Å². The molecule has 0 fully saturated rings. The van der Waals surface area contributed by atoms with Gasteiger partial charge >= 0.3 is 0 Å². The first-order chi connectivity index (χ1) is 9.19. The van der Waals surface area contributed by atoms with E-state index >= 15 is 0 Å².